The van der Waals surface area contributed by atoms with Crippen LogP contribution in [-0.2, 0) is 14.6 Å². The lowest BCUT2D eigenvalue weighted by Crippen LogP contribution is -2.32. The van der Waals surface area contributed by atoms with E-state index in [0.717, 1.165) is 0 Å². The van der Waals surface area contributed by atoms with Gasteiger partial charge in [-0.25, -0.2) is 13.2 Å². The zero-order valence-corrected chi connectivity index (χ0v) is 13.5. The van der Waals surface area contributed by atoms with E-state index < -0.39 is 20.6 Å². The van der Waals surface area contributed by atoms with Gasteiger partial charge in [-0.1, -0.05) is 0 Å². The molecule has 1 aromatic carbocycles. The minimum Gasteiger partial charge on any atom is -0.495 e. The van der Waals surface area contributed by atoms with Gasteiger partial charge in [-0.05, 0) is 39.0 Å². The topological polar surface area (TPSA) is 95.7 Å². The Hall–Kier alpha value is -1.76. The monoisotopic (exact) mass is 315 g/mol. The summed E-state index contributed by atoms with van der Waals surface area (Å²) >= 11 is 0. The predicted molar refractivity (Wildman–Crippen MR) is 81.2 cm³/mol. The standard InChI is InChI=1S/C14H21NO5S/c1-14(2,3)21(17,18)8-7-20-13(16)10-5-6-11(15)12(9-10)19-4/h5-6,9H,7-8,15H2,1-4H3. The number of benzene rings is 1. The molecule has 0 aliphatic carbocycles. The normalized spacial score (nSPS) is 12.0. The van der Waals surface area contributed by atoms with Gasteiger partial charge in [0.1, 0.15) is 12.4 Å². The zero-order chi connectivity index (χ0) is 16.3. The fraction of sp³-hybridized carbons (Fsp3) is 0.500. The summed E-state index contributed by atoms with van der Waals surface area (Å²) in [5.41, 5.74) is 6.31. The SMILES string of the molecule is COc1cc(C(=O)OCCS(=O)(=O)C(C)(C)C)ccc1N. The van der Waals surface area contributed by atoms with Gasteiger partial charge in [-0.3, -0.25) is 0 Å². The fourth-order valence-electron chi connectivity index (χ4n) is 1.47. The predicted octanol–water partition coefficient (Wildman–Crippen LogP) is 1.65. The second kappa shape index (κ2) is 6.34. The lowest BCUT2D eigenvalue weighted by Gasteiger charge is -2.18. The van der Waals surface area contributed by atoms with Crippen molar-refractivity contribution in [3.63, 3.8) is 0 Å². The second-order valence-electron chi connectivity index (χ2n) is 5.52. The Bertz CT molecular complexity index is 617. The minimum atomic E-state index is -3.32. The van der Waals surface area contributed by atoms with Crippen LogP contribution in [-0.4, -0.2) is 38.6 Å². The highest BCUT2D eigenvalue weighted by Crippen LogP contribution is 2.22. The van der Waals surface area contributed by atoms with Crippen molar-refractivity contribution in [2.24, 2.45) is 0 Å². The number of anilines is 1. The van der Waals surface area contributed by atoms with Gasteiger partial charge in [0.05, 0.1) is 28.9 Å². The van der Waals surface area contributed by atoms with Crippen LogP contribution in [0.25, 0.3) is 0 Å². The van der Waals surface area contributed by atoms with Crippen molar-refractivity contribution in [2.75, 3.05) is 25.2 Å². The highest BCUT2D eigenvalue weighted by Gasteiger charge is 2.28. The van der Waals surface area contributed by atoms with Crippen LogP contribution in [0, 0.1) is 0 Å². The van der Waals surface area contributed by atoms with E-state index in [1.807, 2.05) is 0 Å². The molecule has 7 heteroatoms. The van der Waals surface area contributed by atoms with E-state index in [2.05, 4.69) is 0 Å². The number of sulfone groups is 1. The molecule has 1 aromatic rings. The fourth-order valence-corrected chi connectivity index (χ4v) is 2.39. The Morgan fingerprint density at radius 1 is 1.29 bits per heavy atom. The van der Waals surface area contributed by atoms with E-state index in [9.17, 15) is 13.2 Å². The maximum Gasteiger partial charge on any atom is 0.338 e. The van der Waals surface area contributed by atoms with Gasteiger partial charge >= 0.3 is 5.97 Å². The van der Waals surface area contributed by atoms with E-state index >= 15 is 0 Å². The molecule has 0 unspecified atom stereocenters. The second-order valence-corrected chi connectivity index (χ2v) is 8.39. The third-order valence-electron chi connectivity index (χ3n) is 2.99. The lowest BCUT2D eigenvalue weighted by atomic mass is 10.2. The van der Waals surface area contributed by atoms with Crippen LogP contribution in [0.15, 0.2) is 18.2 Å². The molecule has 0 saturated heterocycles. The van der Waals surface area contributed by atoms with Crippen LogP contribution in [0.2, 0.25) is 0 Å². The number of methoxy groups -OCH3 is 1. The van der Waals surface area contributed by atoms with Gasteiger partial charge in [0.15, 0.2) is 9.84 Å². The molecule has 0 radical (unpaired) electrons. The van der Waals surface area contributed by atoms with Gasteiger partial charge in [0, 0.05) is 0 Å². The molecule has 6 nitrogen and oxygen atoms in total. The number of nitrogen functional groups attached to an aromatic ring is 1. The molecule has 0 saturated carbocycles. The Morgan fingerprint density at radius 2 is 1.90 bits per heavy atom. The molecule has 118 valence electrons. The maximum absolute atomic E-state index is 11.9. The maximum atomic E-state index is 11.9. The number of ether oxygens (including phenoxy) is 2. The summed E-state index contributed by atoms with van der Waals surface area (Å²) < 4.78 is 32.9. The van der Waals surface area contributed by atoms with Crippen molar-refractivity contribution in [2.45, 2.75) is 25.5 Å². The molecule has 0 bridgehead atoms. The number of hydrogen-bond acceptors (Lipinski definition) is 6. The Balaban J connectivity index is 2.67. The zero-order valence-electron chi connectivity index (χ0n) is 12.7. The summed E-state index contributed by atoms with van der Waals surface area (Å²) in [7, 11) is -1.88. The molecule has 2 N–H and O–H groups in total. The Kier molecular flexibility index (Phi) is 5.22. The van der Waals surface area contributed by atoms with Crippen LogP contribution < -0.4 is 10.5 Å². The van der Waals surface area contributed by atoms with E-state index in [1.165, 1.54) is 25.3 Å². The van der Waals surface area contributed by atoms with Gasteiger partial charge in [-0.15, -0.1) is 0 Å². The number of carbonyl (C=O) groups excluding carboxylic acids is 1. The third kappa shape index (κ3) is 4.35. The van der Waals surface area contributed by atoms with Crippen LogP contribution >= 0.6 is 0 Å². The molecule has 0 aliphatic heterocycles. The Labute approximate surface area is 125 Å². The lowest BCUT2D eigenvalue weighted by molar-refractivity contribution is 0.0528. The Morgan fingerprint density at radius 3 is 2.43 bits per heavy atom. The summed E-state index contributed by atoms with van der Waals surface area (Å²) in [6.45, 7) is 4.63. The molecular weight excluding hydrogens is 294 g/mol. The molecule has 0 heterocycles. The third-order valence-corrected chi connectivity index (χ3v) is 5.56. The quantitative estimate of drug-likeness (QED) is 0.655. The van der Waals surface area contributed by atoms with Crippen molar-refractivity contribution >= 4 is 21.5 Å². The molecule has 21 heavy (non-hydrogen) atoms. The molecule has 0 atom stereocenters. The van der Waals surface area contributed by atoms with Crippen molar-refractivity contribution < 1.29 is 22.7 Å². The van der Waals surface area contributed by atoms with Gasteiger partial charge in [0.25, 0.3) is 0 Å². The van der Waals surface area contributed by atoms with Crippen molar-refractivity contribution in [3.05, 3.63) is 23.8 Å². The number of nitrogens with two attached hydrogens (primary N) is 1. The minimum absolute atomic E-state index is 0.189. The molecule has 0 aliphatic rings. The highest BCUT2D eigenvalue weighted by molar-refractivity contribution is 7.92. The molecule has 1 rings (SSSR count). The number of carbonyl (C=O) groups is 1. The van der Waals surface area contributed by atoms with Gasteiger partial charge in [-0.2, -0.15) is 0 Å². The summed E-state index contributed by atoms with van der Waals surface area (Å²) in [5.74, 6) is -0.460. The summed E-state index contributed by atoms with van der Waals surface area (Å²) in [6.07, 6.45) is 0. The van der Waals surface area contributed by atoms with Crippen LogP contribution in [0.4, 0.5) is 5.69 Å². The molecule has 0 fully saturated rings. The summed E-state index contributed by atoms with van der Waals surface area (Å²) in [6, 6.07) is 4.48. The average Bonchev–Trinajstić information content (AvgIpc) is 2.37. The van der Waals surface area contributed by atoms with Crippen molar-refractivity contribution in [3.8, 4) is 5.75 Å². The summed E-state index contributed by atoms with van der Waals surface area (Å²) in [4.78, 5) is 11.8. The first kappa shape index (κ1) is 17.3. The van der Waals surface area contributed by atoms with Gasteiger partial charge in [0.2, 0.25) is 0 Å². The van der Waals surface area contributed by atoms with Gasteiger partial charge < -0.3 is 15.2 Å². The molecule has 0 aromatic heterocycles. The molecule has 0 spiro atoms. The number of rotatable bonds is 5. The van der Waals surface area contributed by atoms with Crippen LogP contribution in [0.5, 0.6) is 5.75 Å². The smallest absolute Gasteiger partial charge is 0.338 e. The summed E-state index contributed by atoms with van der Waals surface area (Å²) in [5, 5.41) is 0. The van der Waals surface area contributed by atoms with E-state index in [-0.39, 0.29) is 17.9 Å². The van der Waals surface area contributed by atoms with E-state index in [4.69, 9.17) is 15.2 Å². The van der Waals surface area contributed by atoms with Crippen LogP contribution in [0.3, 0.4) is 0 Å². The van der Waals surface area contributed by atoms with Crippen molar-refractivity contribution in [1.82, 2.24) is 0 Å². The highest BCUT2D eigenvalue weighted by atomic mass is 32.2. The average molecular weight is 315 g/mol. The van der Waals surface area contributed by atoms with Crippen molar-refractivity contribution in [1.29, 1.82) is 0 Å². The van der Waals surface area contributed by atoms with Crippen LogP contribution in [0.1, 0.15) is 31.1 Å². The molecular formula is C14H21NO5S. The largest absolute Gasteiger partial charge is 0.495 e. The first-order chi connectivity index (χ1) is 9.58. The first-order valence-corrected chi connectivity index (χ1v) is 8.06. The first-order valence-electron chi connectivity index (χ1n) is 6.41. The van der Waals surface area contributed by atoms with E-state index in [0.29, 0.717) is 11.4 Å². The number of esters is 1. The molecule has 0 amide bonds. The number of hydrogen-bond donors (Lipinski definition) is 1. The van der Waals surface area contributed by atoms with E-state index in [1.54, 1.807) is 20.8 Å².